The van der Waals surface area contributed by atoms with Gasteiger partial charge >= 0.3 is 0 Å². The minimum absolute atomic E-state index is 0.170. The fourth-order valence-electron chi connectivity index (χ4n) is 4.56. The Labute approximate surface area is 165 Å². The van der Waals surface area contributed by atoms with Gasteiger partial charge in [-0.2, -0.15) is 4.98 Å². The van der Waals surface area contributed by atoms with Crippen LogP contribution in [0.2, 0.25) is 0 Å². The molecule has 4 heterocycles. The van der Waals surface area contributed by atoms with E-state index in [9.17, 15) is 4.79 Å². The summed E-state index contributed by atoms with van der Waals surface area (Å²) in [7, 11) is 1.78. The maximum atomic E-state index is 12.7. The number of fused-ring (bicyclic) bond motifs is 2. The molecule has 3 atom stereocenters. The molecule has 1 aromatic carbocycles. The van der Waals surface area contributed by atoms with Gasteiger partial charge in [-0.15, -0.1) is 0 Å². The van der Waals surface area contributed by atoms with Crippen LogP contribution in [0.15, 0.2) is 52.3 Å². The van der Waals surface area contributed by atoms with E-state index in [0.29, 0.717) is 34.8 Å². The van der Waals surface area contributed by atoms with E-state index >= 15 is 0 Å². The first kappa shape index (κ1) is 16.5. The van der Waals surface area contributed by atoms with E-state index in [-0.39, 0.29) is 12.1 Å². The number of rotatable bonds is 4. The molecular weight excluding hydrogens is 370 g/mol. The van der Waals surface area contributed by atoms with Crippen LogP contribution in [-0.4, -0.2) is 42.3 Å². The second-order valence-electron chi connectivity index (χ2n) is 7.85. The van der Waals surface area contributed by atoms with Gasteiger partial charge in [0.1, 0.15) is 12.9 Å². The van der Waals surface area contributed by atoms with Crippen LogP contribution in [-0.2, 0) is 13.6 Å². The molecule has 6 rings (SSSR count). The van der Waals surface area contributed by atoms with Crippen molar-refractivity contribution in [1.29, 1.82) is 0 Å². The molecule has 1 saturated heterocycles. The van der Waals surface area contributed by atoms with Gasteiger partial charge in [-0.25, -0.2) is 9.97 Å². The zero-order chi connectivity index (χ0) is 19.5. The molecule has 0 amide bonds. The first-order valence-electron chi connectivity index (χ1n) is 9.68. The lowest BCUT2D eigenvalue weighted by molar-refractivity contribution is 0.363. The van der Waals surface area contributed by atoms with Crippen LogP contribution in [0.1, 0.15) is 17.6 Å². The van der Waals surface area contributed by atoms with Crippen molar-refractivity contribution in [2.75, 3.05) is 18.0 Å². The standard InChI is InChI=1S/C20H19N7O2/c1-25-10-21-19-17(25)20(28)27(11-22-19)9-15-23-18(24-29-15)16-13-7-26(8-14(13)16)12-5-3-2-4-6-12/h2-6,10-11,13-14,16H,7-9H2,1H3/t13-,14+,16+. The third kappa shape index (κ3) is 2.57. The monoisotopic (exact) mass is 389 g/mol. The van der Waals surface area contributed by atoms with E-state index in [1.165, 1.54) is 16.6 Å². The van der Waals surface area contributed by atoms with E-state index in [0.717, 1.165) is 18.9 Å². The Morgan fingerprint density at radius 1 is 1.10 bits per heavy atom. The van der Waals surface area contributed by atoms with Crippen molar-refractivity contribution in [2.24, 2.45) is 18.9 Å². The summed E-state index contributed by atoms with van der Waals surface area (Å²) in [5.74, 6) is 2.66. The fraction of sp³-hybridized carbons (Fsp3) is 0.350. The number of nitrogens with zero attached hydrogens (tertiary/aromatic N) is 7. The number of benzene rings is 1. The smallest absolute Gasteiger partial charge is 0.280 e. The molecule has 29 heavy (non-hydrogen) atoms. The average molecular weight is 389 g/mol. The zero-order valence-corrected chi connectivity index (χ0v) is 15.8. The maximum absolute atomic E-state index is 12.7. The summed E-state index contributed by atoms with van der Waals surface area (Å²) in [5, 5.41) is 4.20. The number of para-hydroxylation sites is 1. The Hall–Kier alpha value is -3.49. The van der Waals surface area contributed by atoms with Gasteiger partial charge < -0.3 is 14.0 Å². The molecule has 2 fully saturated rings. The number of imidazole rings is 1. The molecule has 1 saturated carbocycles. The summed E-state index contributed by atoms with van der Waals surface area (Å²) in [6, 6.07) is 10.5. The van der Waals surface area contributed by atoms with Crippen LogP contribution in [0, 0.1) is 11.8 Å². The van der Waals surface area contributed by atoms with Gasteiger partial charge in [0.25, 0.3) is 5.56 Å². The zero-order valence-electron chi connectivity index (χ0n) is 15.8. The van der Waals surface area contributed by atoms with Gasteiger partial charge in [0, 0.05) is 31.7 Å². The van der Waals surface area contributed by atoms with Crippen LogP contribution in [0.3, 0.4) is 0 Å². The largest absolute Gasteiger partial charge is 0.371 e. The second kappa shape index (κ2) is 6.00. The van der Waals surface area contributed by atoms with Crippen molar-refractivity contribution in [2.45, 2.75) is 12.5 Å². The minimum atomic E-state index is -0.170. The quantitative estimate of drug-likeness (QED) is 0.521. The number of anilines is 1. The normalized spacial score (nSPS) is 22.9. The molecule has 1 aliphatic heterocycles. The van der Waals surface area contributed by atoms with E-state index in [2.05, 4.69) is 49.3 Å². The molecule has 9 nitrogen and oxygen atoms in total. The highest BCUT2D eigenvalue weighted by Crippen LogP contribution is 2.57. The van der Waals surface area contributed by atoms with E-state index < -0.39 is 0 Å². The lowest BCUT2D eigenvalue weighted by Gasteiger charge is -2.21. The van der Waals surface area contributed by atoms with Crippen LogP contribution >= 0.6 is 0 Å². The van der Waals surface area contributed by atoms with Crippen LogP contribution in [0.4, 0.5) is 5.69 Å². The molecule has 0 spiro atoms. The van der Waals surface area contributed by atoms with Crippen molar-refractivity contribution in [3.8, 4) is 0 Å². The Bertz CT molecular complexity index is 1250. The second-order valence-corrected chi connectivity index (χ2v) is 7.85. The molecule has 9 heteroatoms. The van der Waals surface area contributed by atoms with Crippen LogP contribution < -0.4 is 10.5 Å². The molecule has 0 unspecified atom stereocenters. The Morgan fingerprint density at radius 3 is 2.66 bits per heavy atom. The Balaban J connectivity index is 1.18. The molecule has 3 aromatic heterocycles. The van der Waals surface area contributed by atoms with Gasteiger partial charge in [-0.05, 0) is 24.0 Å². The van der Waals surface area contributed by atoms with Crippen molar-refractivity contribution in [3.63, 3.8) is 0 Å². The van der Waals surface area contributed by atoms with Gasteiger partial charge in [-0.1, -0.05) is 23.4 Å². The molecule has 4 aromatic rings. The minimum Gasteiger partial charge on any atom is -0.371 e. The first-order chi connectivity index (χ1) is 14.2. The Morgan fingerprint density at radius 2 is 1.86 bits per heavy atom. The van der Waals surface area contributed by atoms with E-state index in [4.69, 9.17) is 4.52 Å². The summed E-state index contributed by atoms with van der Waals surface area (Å²) in [6.07, 6.45) is 3.06. The van der Waals surface area contributed by atoms with Crippen LogP contribution in [0.25, 0.3) is 11.2 Å². The third-order valence-electron chi connectivity index (χ3n) is 6.10. The van der Waals surface area contributed by atoms with Crippen molar-refractivity contribution in [1.82, 2.24) is 29.2 Å². The molecule has 146 valence electrons. The molecular formula is C20H19N7O2. The topological polar surface area (TPSA) is 94.9 Å². The van der Waals surface area contributed by atoms with E-state index in [1.807, 2.05) is 6.07 Å². The molecule has 0 radical (unpaired) electrons. The van der Waals surface area contributed by atoms with Crippen molar-refractivity contribution in [3.05, 3.63) is 65.1 Å². The fourth-order valence-corrected chi connectivity index (χ4v) is 4.56. The highest BCUT2D eigenvalue weighted by Gasteiger charge is 2.58. The lowest BCUT2D eigenvalue weighted by atomic mass is 10.2. The first-order valence-corrected chi connectivity index (χ1v) is 9.68. The third-order valence-corrected chi connectivity index (χ3v) is 6.10. The summed E-state index contributed by atoms with van der Waals surface area (Å²) in [5.41, 5.74) is 2.00. The highest BCUT2D eigenvalue weighted by atomic mass is 16.5. The number of aryl methyl sites for hydroxylation is 1. The highest BCUT2D eigenvalue weighted by molar-refractivity contribution is 5.68. The summed E-state index contributed by atoms with van der Waals surface area (Å²) < 4.78 is 8.59. The maximum Gasteiger partial charge on any atom is 0.280 e. The van der Waals surface area contributed by atoms with Crippen molar-refractivity contribution >= 4 is 16.9 Å². The molecule has 2 aliphatic rings. The number of piperidine rings is 1. The predicted octanol–water partition coefficient (Wildman–Crippen LogP) is 1.41. The van der Waals surface area contributed by atoms with Gasteiger partial charge in [0.2, 0.25) is 5.89 Å². The predicted molar refractivity (Wildman–Crippen MR) is 105 cm³/mol. The number of hydrogen-bond acceptors (Lipinski definition) is 7. The summed E-state index contributed by atoms with van der Waals surface area (Å²) in [4.78, 5) is 28.0. The lowest BCUT2D eigenvalue weighted by Crippen LogP contribution is -2.23. The van der Waals surface area contributed by atoms with Crippen LogP contribution in [0.5, 0.6) is 0 Å². The Kier molecular flexibility index (Phi) is 3.41. The van der Waals surface area contributed by atoms with E-state index in [1.54, 1.807) is 17.9 Å². The number of hydrogen-bond donors (Lipinski definition) is 0. The molecule has 0 bridgehead atoms. The SMILES string of the molecule is Cn1cnc2ncn(Cc3nc([C@H]4[C@@H]5CN(c6ccccc6)C[C@@H]54)no3)c(=O)c21. The summed E-state index contributed by atoms with van der Waals surface area (Å²) in [6.45, 7) is 2.24. The molecule has 1 aliphatic carbocycles. The van der Waals surface area contributed by atoms with Crippen molar-refractivity contribution < 1.29 is 4.52 Å². The molecule has 0 N–H and O–H groups in total. The summed E-state index contributed by atoms with van der Waals surface area (Å²) >= 11 is 0. The van der Waals surface area contributed by atoms with Gasteiger partial charge in [-0.3, -0.25) is 9.36 Å². The van der Waals surface area contributed by atoms with Gasteiger partial charge in [0.15, 0.2) is 17.0 Å². The average Bonchev–Trinajstić information content (AvgIpc) is 3.16. The van der Waals surface area contributed by atoms with Gasteiger partial charge in [0.05, 0.1) is 6.33 Å². The number of aromatic nitrogens is 6.